The number of nitrogens with zero attached hydrogens (tertiary/aromatic N) is 2. The van der Waals surface area contributed by atoms with Crippen LogP contribution in [0.4, 0.5) is 0 Å². The minimum Gasteiger partial charge on any atom is -0.347 e. The maximum atomic E-state index is 3.32. The van der Waals surface area contributed by atoms with Crippen LogP contribution >= 0.6 is 0 Å². The first-order valence-electron chi connectivity index (χ1n) is 8.25. The largest absolute Gasteiger partial charge is 0.347 e. The quantitative estimate of drug-likeness (QED) is 0.911. The van der Waals surface area contributed by atoms with Crippen LogP contribution in [-0.2, 0) is 13.1 Å². The molecule has 0 amide bonds. The van der Waals surface area contributed by atoms with E-state index >= 15 is 0 Å². The van der Waals surface area contributed by atoms with E-state index in [-0.39, 0.29) is 0 Å². The lowest BCUT2D eigenvalue weighted by atomic mass is 9.96. The Labute approximate surface area is 127 Å². The molecule has 3 nitrogen and oxygen atoms in total. The predicted octanol–water partition coefficient (Wildman–Crippen LogP) is 3.09. The Morgan fingerprint density at radius 1 is 1.19 bits per heavy atom. The molecule has 1 fully saturated rings. The van der Waals surface area contributed by atoms with Crippen molar-refractivity contribution < 1.29 is 0 Å². The second-order valence-corrected chi connectivity index (χ2v) is 6.23. The number of piperidine rings is 1. The summed E-state index contributed by atoms with van der Waals surface area (Å²) in [6, 6.07) is 8.80. The van der Waals surface area contributed by atoms with Crippen LogP contribution in [0, 0.1) is 5.92 Å². The molecule has 0 spiro atoms. The molecule has 1 aliphatic heterocycles. The van der Waals surface area contributed by atoms with E-state index in [0.717, 1.165) is 19.0 Å². The number of nitrogens with one attached hydrogen (secondary N) is 1. The fourth-order valence-corrected chi connectivity index (χ4v) is 3.59. The fraction of sp³-hybridized carbons (Fsp3) is 0.556. The average Bonchev–Trinajstić information content (AvgIpc) is 2.88. The highest BCUT2D eigenvalue weighted by atomic mass is 15.1. The molecule has 0 atom stereocenters. The molecular weight excluding hydrogens is 258 g/mol. The summed E-state index contributed by atoms with van der Waals surface area (Å²) in [5.41, 5.74) is 2.86. The van der Waals surface area contributed by atoms with Crippen LogP contribution in [0.1, 0.15) is 25.3 Å². The molecule has 3 heteroatoms. The van der Waals surface area contributed by atoms with Crippen molar-refractivity contribution in [1.82, 2.24) is 14.8 Å². The van der Waals surface area contributed by atoms with E-state index in [1.807, 2.05) is 0 Å². The van der Waals surface area contributed by atoms with Gasteiger partial charge in [-0.1, -0.05) is 18.2 Å². The Morgan fingerprint density at radius 3 is 2.67 bits per heavy atom. The number of benzene rings is 1. The van der Waals surface area contributed by atoms with E-state index in [9.17, 15) is 0 Å². The molecule has 1 N–H and O–H groups in total. The molecule has 2 aromatic rings. The van der Waals surface area contributed by atoms with Gasteiger partial charge < -0.3 is 9.88 Å². The standard InChI is InChI=1S/C18H27N3/c1-3-21-14-16(17-6-4-5-7-18(17)21)13-20-10-8-15(9-11-20)12-19-2/h4-7,14-15,19H,3,8-13H2,1-2H3. The van der Waals surface area contributed by atoms with Crippen molar-refractivity contribution in [3.8, 4) is 0 Å². The lowest BCUT2D eigenvalue weighted by molar-refractivity contribution is 0.177. The van der Waals surface area contributed by atoms with Gasteiger partial charge in [-0.15, -0.1) is 0 Å². The van der Waals surface area contributed by atoms with Gasteiger partial charge in [-0.25, -0.2) is 0 Å². The first-order chi connectivity index (χ1) is 10.3. The van der Waals surface area contributed by atoms with E-state index in [1.54, 1.807) is 0 Å². The third-order valence-corrected chi connectivity index (χ3v) is 4.81. The summed E-state index contributed by atoms with van der Waals surface area (Å²) in [6.07, 6.45) is 5.00. The van der Waals surface area contributed by atoms with Crippen molar-refractivity contribution in [2.24, 2.45) is 5.92 Å². The molecular formula is C18H27N3. The summed E-state index contributed by atoms with van der Waals surface area (Å²) < 4.78 is 2.37. The molecule has 1 aromatic carbocycles. The van der Waals surface area contributed by atoms with Crippen molar-refractivity contribution in [3.63, 3.8) is 0 Å². The van der Waals surface area contributed by atoms with Gasteiger partial charge >= 0.3 is 0 Å². The number of hydrogen-bond donors (Lipinski definition) is 1. The minimum absolute atomic E-state index is 0.864. The van der Waals surface area contributed by atoms with Gasteiger partial charge in [-0.3, -0.25) is 4.90 Å². The van der Waals surface area contributed by atoms with Crippen molar-refractivity contribution in [3.05, 3.63) is 36.0 Å². The number of hydrogen-bond acceptors (Lipinski definition) is 2. The smallest absolute Gasteiger partial charge is 0.0483 e. The zero-order valence-corrected chi connectivity index (χ0v) is 13.3. The highest BCUT2D eigenvalue weighted by Gasteiger charge is 2.19. The lowest BCUT2D eigenvalue weighted by Gasteiger charge is -2.31. The van der Waals surface area contributed by atoms with Crippen LogP contribution in [-0.4, -0.2) is 36.1 Å². The number of likely N-dealkylation sites (tertiary alicyclic amines) is 1. The van der Waals surface area contributed by atoms with Gasteiger partial charge in [-0.05, 0) is 64.0 Å². The van der Waals surface area contributed by atoms with Gasteiger partial charge in [0.1, 0.15) is 0 Å². The third kappa shape index (κ3) is 3.14. The molecule has 0 aliphatic carbocycles. The number of para-hydroxylation sites is 1. The van der Waals surface area contributed by atoms with E-state index in [1.165, 1.54) is 48.9 Å². The van der Waals surface area contributed by atoms with Crippen molar-refractivity contribution in [2.75, 3.05) is 26.7 Å². The topological polar surface area (TPSA) is 20.2 Å². The lowest BCUT2D eigenvalue weighted by Crippen LogP contribution is -2.36. The number of rotatable bonds is 5. The van der Waals surface area contributed by atoms with E-state index in [2.05, 4.69) is 59.2 Å². The summed E-state index contributed by atoms with van der Waals surface area (Å²) in [7, 11) is 2.06. The Hall–Kier alpha value is -1.32. The van der Waals surface area contributed by atoms with Crippen molar-refractivity contribution in [2.45, 2.75) is 32.9 Å². The highest BCUT2D eigenvalue weighted by Crippen LogP contribution is 2.25. The Morgan fingerprint density at radius 2 is 1.95 bits per heavy atom. The minimum atomic E-state index is 0.864. The molecule has 2 heterocycles. The van der Waals surface area contributed by atoms with Gasteiger partial charge in [0.2, 0.25) is 0 Å². The molecule has 0 bridgehead atoms. The second kappa shape index (κ2) is 6.63. The zero-order chi connectivity index (χ0) is 14.7. The molecule has 0 unspecified atom stereocenters. The van der Waals surface area contributed by atoms with Crippen molar-refractivity contribution >= 4 is 10.9 Å². The fourth-order valence-electron chi connectivity index (χ4n) is 3.59. The van der Waals surface area contributed by atoms with E-state index < -0.39 is 0 Å². The second-order valence-electron chi connectivity index (χ2n) is 6.23. The van der Waals surface area contributed by atoms with E-state index in [0.29, 0.717) is 0 Å². The summed E-state index contributed by atoms with van der Waals surface area (Å²) in [4.78, 5) is 2.62. The Kier molecular flexibility index (Phi) is 4.61. The SMILES string of the molecule is CCn1cc(CN2CCC(CNC)CC2)c2ccccc21. The molecule has 1 aromatic heterocycles. The first-order valence-corrected chi connectivity index (χ1v) is 8.25. The molecule has 21 heavy (non-hydrogen) atoms. The maximum absolute atomic E-state index is 3.32. The highest BCUT2D eigenvalue weighted by molar-refractivity contribution is 5.83. The van der Waals surface area contributed by atoms with E-state index in [4.69, 9.17) is 0 Å². The normalized spacial score (nSPS) is 17.6. The monoisotopic (exact) mass is 285 g/mol. The first kappa shape index (κ1) is 14.6. The van der Waals surface area contributed by atoms with Gasteiger partial charge in [-0.2, -0.15) is 0 Å². The number of aromatic nitrogens is 1. The molecule has 1 saturated heterocycles. The van der Waals surface area contributed by atoms with Crippen molar-refractivity contribution in [1.29, 1.82) is 0 Å². The molecule has 0 saturated carbocycles. The summed E-state index contributed by atoms with van der Waals surface area (Å²) in [5, 5.41) is 4.74. The van der Waals surface area contributed by atoms with Crippen LogP contribution in [0.5, 0.6) is 0 Å². The van der Waals surface area contributed by atoms with Crippen LogP contribution in [0.2, 0.25) is 0 Å². The molecule has 1 aliphatic rings. The predicted molar refractivity (Wildman–Crippen MR) is 89.5 cm³/mol. The third-order valence-electron chi connectivity index (χ3n) is 4.81. The Balaban J connectivity index is 1.71. The summed E-state index contributed by atoms with van der Waals surface area (Å²) in [5.74, 6) is 0.864. The van der Waals surface area contributed by atoms with Gasteiger partial charge in [0.05, 0.1) is 0 Å². The number of aryl methyl sites for hydroxylation is 1. The Bertz CT molecular complexity index is 579. The summed E-state index contributed by atoms with van der Waals surface area (Å²) in [6.45, 7) is 8.00. The van der Waals surface area contributed by atoms with Gasteiger partial charge in [0, 0.05) is 30.2 Å². The molecule has 3 rings (SSSR count). The van der Waals surface area contributed by atoms with Gasteiger partial charge in [0.15, 0.2) is 0 Å². The van der Waals surface area contributed by atoms with Crippen LogP contribution in [0.25, 0.3) is 10.9 Å². The zero-order valence-electron chi connectivity index (χ0n) is 13.3. The van der Waals surface area contributed by atoms with Crippen LogP contribution in [0.15, 0.2) is 30.5 Å². The maximum Gasteiger partial charge on any atom is 0.0483 e. The van der Waals surface area contributed by atoms with Gasteiger partial charge in [0.25, 0.3) is 0 Å². The average molecular weight is 285 g/mol. The number of fused-ring (bicyclic) bond motifs is 1. The summed E-state index contributed by atoms with van der Waals surface area (Å²) >= 11 is 0. The molecule has 114 valence electrons. The van der Waals surface area contributed by atoms with Crippen LogP contribution in [0.3, 0.4) is 0 Å². The van der Waals surface area contributed by atoms with Crippen LogP contribution < -0.4 is 5.32 Å². The molecule has 0 radical (unpaired) electrons.